The maximum absolute atomic E-state index is 13.0. The van der Waals surface area contributed by atoms with E-state index in [1.54, 1.807) is 5.38 Å². The molecule has 1 aromatic heterocycles. The van der Waals surface area contributed by atoms with Gasteiger partial charge in [0.25, 0.3) is 16.1 Å². The van der Waals surface area contributed by atoms with Gasteiger partial charge in [0.2, 0.25) is 10.0 Å². The Morgan fingerprint density at radius 1 is 0.929 bits per heavy atom. The molecule has 0 N–H and O–H groups in total. The molecule has 0 saturated carbocycles. The summed E-state index contributed by atoms with van der Waals surface area (Å²) in [5.41, 5.74) is 0. The third-order valence-corrected chi connectivity index (χ3v) is 9.98. The van der Waals surface area contributed by atoms with E-state index in [-0.39, 0.29) is 41.9 Å². The van der Waals surface area contributed by atoms with Crippen LogP contribution in [0.4, 0.5) is 0 Å². The van der Waals surface area contributed by atoms with E-state index < -0.39 is 20.2 Å². The monoisotopic (exact) mass is 450 g/mol. The SMILES string of the molecule is CN(C)S(=O)(=O)N1CCN(C(=O)c2sccc2S(=O)(=O)N2CCCCC2)CC1. The maximum Gasteiger partial charge on any atom is 0.281 e. The van der Waals surface area contributed by atoms with Crippen molar-refractivity contribution < 1.29 is 21.6 Å². The molecule has 3 rings (SSSR count). The summed E-state index contributed by atoms with van der Waals surface area (Å²) in [6, 6.07) is 1.49. The molecule has 1 aromatic rings. The van der Waals surface area contributed by atoms with Crippen LogP contribution in [-0.4, -0.2) is 93.9 Å². The molecule has 0 radical (unpaired) electrons. The van der Waals surface area contributed by atoms with E-state index in [2.05, 4.69) is 0 Å². The van der Waals surface area contributed by atoms with Crippen LogP contribution in [0.1, 0.15) is 28.9 Å². The van der Waals surface area contributed by atoms with Gasteiger partial charge in [-0.25, -0.2) is 8.42 Å². The van der Waals surface area contributed by atoms with E-state index in [1.807, 2.05) is 0 Å². The zero-order chi connectivity index (χ0) is 20.5. The molecule has 0 spiro atoms. The first-order valence-electron chi connectivity index (χ1n) is 9.20. The molecular formula is C16H26N4O5S3. The van der Waals surface area contributed by atoms with Gasteiger partial charge < -0.3 is 4.90 Å². The van der Waals surface area contributed by atoms with Gasteiger partial charge in [0.15, 0.2) is 0 Å². The van der Waals surface area contributed by atoms with Crippen molar-refractivity contribution in [3.63, 3.8) is 0 Å². The molecule has 0 bridgehead atoms. The normalized spacial score (nSPS) is 20.6. The van der Waals surface area contributed by atoms with Crippen LogP contribution in [0.25, 0.3) is 0 Å². The number of hydrogen-bond donors (Lipinski definition) is 0. The average Bonchev–Trinajstić information content (AvgIpc) is 3.19. The van der Waals surface area contributed by atoms with Crippen LogP contribution in [0.3, 0.4) is 0 Å². The third-order valence-electron chi connectivity index (χ3n) is 5.07. The van der Waals surface area contributed by atoms with Gasteiger partial charge in [0, 0.05) is 53.4 Å². The highest BCUT2D eigenvalue weighted by Crippen LogP contribution is 2.28. The topological polar surface area (TPSA) is 98.3 Å². The molecule has 0 aliphatic carbocycles. The molecule has 28 heavy (non-hydrogen) atoms. The second kappa shape index (κ2) is 8.36. The molecule has 3 heterocycles. The highest BCUT2D eigenvalue weighted by molar-refractivity contribution is 7.89. The molecular weight excluding hydrogens is 424 g/mol. The van der Waals surface area contributed by atoms with Crippen molar-refractivity contribution in [2.75, 3.05) is 53.4 Å². The number of sulfonamides is 1. The first kappa shape index (κ1) is 21.7. The lowest BCUT2D eigenvalue weighted by Gasteiger charge is -2.35. The Hall–Kier alpha value is -1.05. The van der Waals surface area contributed by atoms with Crippen molar-refractivity contribution in [3.05, 3.63) is 16.3 Å². The highest BCUT2D eigenvalue weighted by Gasteiger charge is 2.35. The van der Waals surface area contributed by atoms with Crippen LogP contribution in [0.15, 0.2) is 16.3 Å². The molecule has 9 nitrogen and oxygen atoms in total. The molecule has 2 aliphatic rings. The Bertz CT molecular complexity index is 912. The van der Waals surface area contributed by atoms with Crippen molar-refractivity contribution in [1.29, 1.82) is 0 Å². The van der Waals surface area contributed by atoms with Gasteiger partial charge in [-0.3, -0.25) is 4.79 Å². The third kappa shape index (κ3) is 4.12. The summed E-state index contributed by atoms with van der Waals surface area (Å²) in [5.74, 6) is -0.354. The summed E-state index contributed by atoms with van der Waals surface area (Å²) in [7, 11) is -4.28. The molecule has 0 unspecified atom stereocenters. The molecule has 2 fully saturated rings. The van der Waals surface area contributed by atoms with Crippen molar-refractivity contribution in [1.82, 2.24) is 17.8 Å². The van der Waals surface area contributed by atoms with Crippen molar-refractivity contribution in [3.8, 4) is 0 Å². The molecule has 2 saturated heterocycles. The van der Waals surface area contributed by atoms with Crippen LogP contribution in [0.2, 0.25) is 0 Å². The first-order valence-corrected chi connectivity index (χ1v) is 12.9. The van der Waals surface area contributed by atoms with Gasteiger partial charge in [-0.2, -0.15) is 21.3 Å². The lowest BCUT2D eigenvalue weighted by Crippen LogP contribution is -2.53. The minimum absolute atomic E-state index is 0.0627. The van der Waals surface area contributed by atoms with E-state index in [0.717, 1.165) is 34.9 Å². The van der Waals surface area contributed by atoms with E-state index in [0.29, 0.717) is 13.1 Å². The van der Waals surface area contributed by atoms with Crippen LogP contribution in [0, 0.1) is 0 Å². The Morgan fingerprint density at radius 2 is 1.54 bits per heavy atom. The van der Waals surface area contributed by atoms with E-state index >= 15 is 0 Å². The molecule has 1 amide bonds. The molecule has 0 aromatic carbocycles. The number of hydrogen-bond acceptors (Lipinski definition) is 6. The number of nitrogens with zero attached hydrogens (tertiary/aromatic N) is 4. The highest BCUT2D eigenvalue weighted by atomic mass is 32.2. The van der Waals surface area contributed by atoms with Crippen molar-refractivity contribution >= 4 is 37.5 Å². The van der Waals surface area contributed by atoms with Gasteiger partial charge in [0.05, 0.1) is 0 Å². The first-order chi connectivity index (χ1) is 13.2. The molecule has 158 valence electrons. The van der Waals surface area contributed by atoms with Gasteiger partial charge in [-0.05, 0) is 24.3 Å². The average molecular weight is 451 g/mol. The lowest BCUT2D eigenvalue weighted by atomic mass is 10.2. The fraction of sp³-hybridized carbons (Fsp3) is 0.688. The van der Waals surface area contributed by atoms with E-state index in [9.17, 15) is 21.6 Å². The molecule has 2 aliphatic heterocycles. The Morgan fingerprint density at radius 3 is 2.11 bits per heavy atom. The summed E-state index contributed by atoms with van der Waals surface area (Å²) < 4.78 is 54.3. The Kier molecular flexibility index (Phi) is 6.47. The Labute approximate surface area is 170 Å². The molecule has 12 heteroatoms. The Balaban J connectivity index is 1.74. The zero-order valence-electron chi connectivity index (χ0n) is 16.1. The predicted octanol–water partition coefficient (Wildman–Crippen LogP) is 0.487. The van der Waals surface area contributed by atoms with Crippen LogP contribution in [0.5, 0.6) is 0 Å². The minimum Gasteiger partial charge on any atom is -0.335 e. The number of thiophene rings is 1. The second-order valence-electron chi connectivity index (χ2n) is 7.06. The summed E-state index contributed by atoms with van der Waals surface area (Å²) in [4.78, 5) is 14.8. The number of carbonyl (C=O) groups is 1. The standard InChI is InChI=1S/C16H26N4O5S3/c1-17(2)28(24,25)20-11-9-18(10-12-20)16(21)15-14(6-13-26-15)27(22,23)19-7-4-3-5-8-19/h6,13H,3-5,7-12H2,1-2H3. The minimum atomic E-state index is -3.70. The number of amides is 1. The maximum atomic E-state index is 13.0. The number of piperidine rings is 1. The largest absolute Gasteiger partial charge is 0.335 e. The predicted molar refractivity (Wildman–Crippen MR) is 107 cm³/mol. The molecule has 0 atom stereocenters. The summed E-state index contributed by atoms with van der Waals surface area (Å²) >= 11 is 1.12. The number of carbonyl (C=O) groups excluding carboxylic acids is 1. The fourth-order valence-corrected chi connectivity index (χ4v) is 7.36. The van der Waals surface area contributed by atoms with Gasteiger partial charge in [-0.1, -0.05) is 6.42 Å². The van der Waals surface area contributed by atoms with E-state index in [1.165, 1.54) is 33.7 Å². The fourth-order valence-electron chi connectivity index (χ4n) is 3.40. The quantitative estimate of drug-likeness (QED) is 0.650. The number of rotatable bonds is 5. The summed E-state index contributed by atoms with van der Waals surface area (Å²) in [6.45, 7) is 1.79. The van der Waals surface area contributed by atoms with Gasteiger partial charge >= 0.3 is 0 Å². The second-order valence-corrected chi connectivity index (χ2v) is 12.0. The van der Waals surface area contributed by atoms with Gasteiger partial charge in [-0.15, -0.1) is 11.3 Å². The van der Waals surface area contributed by atoms with Gasteiger partial charge in [0.1, 0.15) is 9.77 Å². The van der Waals surface area contributed by atoms with Crippen molar-refractivity contribution in [2.45, 2.75) is 24.2 Å². The van der Waals surface area contributed by atoms with E-state index in [4.69, 9.17) is 0 Å². The van der Waals surface area contributed by atoms with Crippen LogP contribution in [-0.2, 0) is 20.2 Å². The van der Waals surface area contributed by atoms with Crippen molar-refractivity contribution in [2.24, 2.45) is 0 Å². The zero-order valence-corrected chi connectivity index (χ0v) is 18.5. The van der Waals surface area contributed by atoms with Crippen LogP contribution < -0.4 is 0 Å². The summed E-state index contributed by atoms with van der Waals surface area (Å²) in [5, 5.41) is 1.62. The van der Waals surface area contributed by atoms with Crippen LogP contribution >= 0.6 is 11.3 Å². The lowest BCUT2D eigenvalue weighted by molar-refractivity contribution is 0.0696. The number of piperazine rings is 1. The summed E-state index contributed by atoms with van der Waals surface area (Å²) in [6.07, 6.45) is 2.67. The smallest absolute Gasteiger partial charge is 0.281 e.